The van der Waals surface area contributed by atoms with Gasteiger partial charge in [0.1, 0.15) is 5.75 Å². The van der Waals surface area contributed by atoms with E-state index in [0.717, 1.165) is 24.4 Å². The minimum atomic E-state index is 0. The van der Waals surface area contributed by atoms with Crippen molar-refractivity contribution in [2.24, 2.45) is 11.8 Å². The van der Waals surface area contributed by atoms with Gasteiger partial charge < -0.3 is 15.0 Å². The first-order chi connectivity index (χ1) is 13.2. The van der Waals surface area contributed by atoms with Crippen molar-refractivity contribution in [2.45, 2.75) is 39.3 Å². The molecule has 1 aliphatic heterocycles. The summed E-state index contributed by atoms with van der Waals surface area (Å²) < 4.78 is 5.50. The molecule has 0 spiro atoms. The number of halogens is 1. The maximum atomic E-state index is 13.2. The van der Waals surface area contributed by atoms with E-state index in [1.165, 1.54) is 17.7 Å². The first-order valence-electron chi connectivity index (χ1n) is 9.80. The summed E-state index contributed by atoms with van der Waals surface area (Å²) >= 11 is 1.70. The van der Waals surface area contributed by atoms with E-state index in [0.29, 0.717) is 31.3 Å². The highest BCUT2D eigenvalue weighted by molar-refractivity contribution is 7.09. The Morgan fingerprint density at radius 1 is 1.21 bits per heavy atom. The van der Waals surface area contributed by atoms with Crippen LogP contribution in [0.25, 0.3) is 0 Å². The standard InChI is InChI=1S/C22H30N2O2S.ClH/c1-17(18-9-11-23-12-10-18)14-22(25)24(16-20-7-5-13-27-20)15-19-6-3-4-8-21(19)26-2;/h3-8,13,17-18,23H,9-12,14-16H2,1-2H3;1H. The van der Waals surface area contributed by atoms with E-state index in [-0.39, 0.29) is 18.3 Å². The number of hydrogen-bond donors (Lipinski definition) is 1. The molecule has 1 fully saturated rings. The summed E-state index contributed by atoms with van der Waals surface area (Å²) in [6, 6.07) is 12.1. The van der Waals surface area contributed by atoms with Crippen LogP contribution in [0.15, 0.2) is 41.8 Å². The van der Waals surface area contributed by atoms with Gasteiger partial charge in [-0.15, -0.1) is 23.7 Å². The van der Waals surface area contributed by atoms with Crippen molar-refractivity contribution in [1.29, 1.82) is 0 Å². The molecule has 1 aliphatic rings. The average Bonchev–Trinajstić information content (AvgIpc) is 3.21. The van der Waals surface area contributed by atoms with Crippen LogP contribution in [0.3, 0.4) is 0 Å². The summed E-state index contributed by atoms with van der Waals surface area (Å²) in [6.07, 6.45) is 2.96. The normalized spacial score (nSPS) is 15.5. The number of para-hydroxylation sites is 1. The molecule has 4 nitrogen and oxygen atoms in total. The monoisotopic (exact) mass is 422 g/mol. The van der Waals surface area contributed by atoms with Crippen LogP contribution in [-0.4, -0.2) is 31.0 Å². The van der Waals surface area contributed by atoms with Crippen LogP contribution in [0.2, 0.25) is 0 Å². The van der Waals surface area contributed by atoms with E-state index in [2.05, 4.69) is 23.7 Å². The SMILES string of the molecule is COc1ccccc1CN(Cc1cccs1)C(=O)CC(C)C1CCNCC1.Cl. The Morgan fingerprint density at radius 3 is 2.64 bits per heavy atom. The van der Waals surface area contributed by atoms with Gasteiger partial charge in [-0.05, 0) is 55.3 Å². The highest BCUT2D eigenvalue weighted by Gasteiger charge is 2.25. The predicted octanol–water partition coefficient (Wildman–Crippen LogP) is 4.73. The fourth-order valence-corrected chi connectivity index (χ4v) is 4.57. The molecule has 0 saturated carbocycles. The Labute approximate surface area is 178 Å². The van der Waals surface area contributed by atoms with Gasteiger partial charge in [0, 0.05) is 23.4 Å². The first-order valence-corrected chi connectivity index (χ1v) is 10.7. The van der Waals surface area contributed by atoms with Gasteiger partial charge >= 0.3 is 0 Å². The molecule has 0 aliphatic carbocycles. The molecule has 154 valence electrons. The quantitative estimate of drug-likeness (QED) is 0.668. The summed E-state index contributed by atoms with van der Waals surface area (Å²) in [7, 11) is 1.68. The van der Waals surface area contributed by atoms with Crippen LogP contribution in [0.4, 0.5) is 0 Å². The summed E-state index contributed by atoms with van der Waals surface area (Å²) in [5.41, 5.74) is 1.06. The molecule has 1 unspecified atom stereocenters. The van der Waals surface area contributed by atoms with Crippen LogP contribution < -0.4 is 10.1 Å². The Kier molecular flexibility index (Phi) is 9.29. The van der Waals surface area contributed by atoms with Crippen molar-refractivity contribution < 1.29 is 9.53 Å². The van der Waals surface area contributed by atoms with E-state index in [4.69, 9.17) is 4.74 Å². The molecule has 1 aromatic carbocycles. The van der Waals surface area contributed by atoms with Gasteiger partial charge in [-0.3, -0.25) is 4.79 Å². The minimum absolute atomic E-state index is 0. The number of hydrogen-bond acceptors (Lipinski definition) is 4. The number of piperidine rings is 1. The second-order valence-corrected chi connectivity index (χ2v) is 8.44. The molecule has 1 N–H and O–H groups in total. The zero-order valence-corrected chi connectivity index (χ0v) is 18.4. The summed E-state index contributed by atoms with van der Waals surface area (Å²) in [5.74, 6) is 2.14. The number of thiophene rings is 1. The van der Waals surface area contributed by atoms with Gasteiger partial charge in [0.25, 0.3) is 0 Å². The van der Waals surface area contributed by atoms with Crippen molar-refractivity contribution in [1.82, 2.24) is 10.2 Å². The van der Waals surface area contributed by atoms with E-state index in [1.807, 2.05) is 35.2 Å². The second-order valence-electron chi connectivity index (χ2n) is 7.41. The highest BCUT2D eigenvalue weighted by Crippen LogP contribution is 2.27. The third-order valence-electron chi connectivity index (χ3n) is 5.52. The molecule has 6 heteroatoms. The van der Waals surface area contributed by atoms with Crippen LogP contribution in [0.5, 0.6) is 5.75 Å². The van der Waals surface area contributed by atoms with Gasteiger partial charge in [-0.25, -0.2) is 0 Å². The van der Waals surface area contributed by atoms with Crippen LogP contribution in [0.1, 0.15) is 36.6 Å². The predicted molar refractivity (Wildman–Crippen MR) is 118 cm³/mol. The fourth-order valence-electron chi connectivity index (χ4n) is 3.85. The molecule has 1 saturated heterocycles. The number of ether oxygens (including phenoxy) is 1. The number of amides is 1. The summed E-state index contributed by atoms with van der Waals surface area (Å²) in [4.78, 5) is 16.4. The number of rotatable bonds is 8. The molecule has 1 amide bonds. The zero-order valence-electron chi connectivity index (χ0n) is 16.7. The number of benzene rings is 1. The molecular weight excluding hydrogens is 392 g/mol. The third-order valence-corrected chi connectivity index (χ3v) is 6.38. The van der Waals surface area contributed by atoms with E-state index < -0.39 is 0 Å². The lowest BCUT2D eigenvalue weighted by Crippen LogP contribution is -2.35. The molecule has 28 heavy (non-hydrogen) atoms. The van der Waals surface area contributed by atoms with Crippen LogP contribution >= 0.6 is 23.7 Å². The third kappa shape index (κ3) is 6.23. The van der Waals surface area contributed by atoms with Crippen LogP contribution in [0, 0.1) is 11.8 Å². The summed E-state index contributed by atoms with van der Waals surface area (Å²) in [6.45, 7) is 5.63. The smallest absolute Gasteiger partial charge is 0.223 e. The molecule has 1 atom stereocenters. The topological polar surface area (TPSA) is 41.6 Å². The Hall–Kier alpha value is -1.56. The van der Waals surface area contributed by atoms with Crippen molar-refractivity contribution in [3.63, 3.8) is 0 Å². The van der Waals surface area contributed by atoms with Gasteiger partial charge in [0.15, 0.2) is 0 Å². The zero-order chi connectivity index (χ0) is 19.1. The Bertz CT molecular complexity index is 717. The van der Waals surface area contributed by atoms with Crippen molar-refractivity contribution >= 4 is 29.7 Å². The van der Waals surface area contributed by atoms with Crippen LogP contribution in [-0.2, 0) is 17.9 Å². The lowest BCUT2D eigenvalue weighted by atomic mass is 9.84. The molecule has 3 rings (SSSR count). The number of methoxy groups -OCH3 is 1. The molecule has 0 radical (unpaired) electrons. The Morgan fingerprint density at radius 2 is 1.96 bits per heavy atom. The average molecular weight is 423 g/mol. The maximum Gasteiger partial charge on any atom is 0.223 e. The first kappa shape index (κ1) is 22.7. The highest BCUT2D eigenvalue weighted by atomic mass is 35.5. The van der Waals surface area contributed by atoms with Crippen molar-refractivity contribution in [2.75, 3.05) is 20.2 Å². The maximum absolute atomic E-state index is 13.2. The van der Waals surface area contributed by atoms with Crippen molar-refractivity contribution in [3.05, 3.63) is 52.2 Å². The second kappa shape index (κ2) is 11.4. The molecule has 0 bridgehead atoms. The van der Waals surface area contributed by atoms with E-state index >= 15 is 0 Å². The lowest BCUT2D eigenvalue weighted by molar-refractivity contribution is -0.133. The van der Waals surface area contributed by atoms with Gasteiger partial charge in [0.05, 0.1) is 13.7 Å². The molecule has 1 aromatic heterocycles. The number of nitrogens with one attached hydrogen (secondary N) is 1. The van der Waals surface area contributed by atoms with Gasteiger partial charge in [-0.2, -0.15) is 0 Å². The number of carbonyl (C=O) groups is 1. The summed E-state index contributed by atoms with van der Waals surface area (Å²) in [5, 5.41) is 5.48. The van der Waals surface area contributed by atoms with Crippen molar-refractivity contribution in [3.8, 4) is 5.75 Å². The van der Waals surface area contributed by atoms with E-state index in [1.54, 1.807) is 18.4 Å². The van der Waals surface area contributed by atoms with E-state index in [9.17, 15) is 4.79 Å². The largest absolute Gasteiger partial charge is 0.496 e. The fraction of sp³-hybridized carbons (Fsp3) is 0.500. The number of nitrogens with zero attached hydrogens (tertiary/aromatic N) is 1. The number of carbonyl (C=O) groups excluding carboxylic acids is 1. The lowest BCUT2D eigenvalue weighted by Gasteiger charge is -2.30. The van der Waals surface area contributed by atoms with Gasteiger partial charge in [0.2, 0.25) is 5.91 Å². The molecule has 2 heterocycles. The molecular formula is C22H31ClN2O2S. The van der Waals surface area contributed by atoms with Gasteiger partial charge in [-0.1, -0.05) is 31.2 Å². The minimum Gasteiger partial charge on any atom is -0.496 e. The Balaban J connectivity index is 0.00000280. The molecule has 2 aromatic rings.